The van der Waals surface area contributed by atoms with Gasteiger partial charge >= 0.3 is 11.9 Å². The summed E-state index contributed by atoms with van der Waals surface area (Å²) in [7, 11) is 0. The number of aliphatic carboxylic acids is 1. The number of ether oxygens (including phenoxy) is 1. The third-order valence-electron chi connectivity index (χ3n) is 3.56. The summed E-state index contributed by atoms with van der Waals surface area (Å²) >= 11 is 0. The number of carbonyl (C=O) groups excluding carboxylic acids is 1. The third kappa shape index (κ3) is 8.05. The first-order valence-corrected chi connectivity index (χ1v) is 9.03. The van der Waals surface area contributed by atoms with Crippen LogP contribution in [0, 0.1) is 5.92 Å². The average Bonchev–Trinajstić information content (AvgIpc) is 2.56. The molecular formula is C20H32O5. The fraction of sp³-hybridized carbons (Fsp3) is 0.600. The SMILES string of the molecule is CC(C)C(=O)O.CCCOC(=O)c1ccc(O)c(CCC)c1CCC. The first-order valence-electron chi connectivity index (χ1n) is 9.03. The van der Waals surface area contributed by atoms with Gasteiger partial charge in [0.05, 0.1) is 18.1 Å². The molecule has 2 N–H and O–H groups in total. The Balaban J connectivity index is 0.000000823. The molecule has 1 rings (SSSR count). The van der Waals surface area contributed by atoms with E-state index >= 15 is 0 Å². The number of hydrogen-bond donors (Lipinski definition) is 2. The molecule has 0 heterocycles. The minimum absolute atomic E-state index is 0.231. The van der Waals surface area contributed by atoms with Crippen LogP contribution in [0.5, 0.6) is 5.75 Å². The summed E-state index contributed by atoms with van der Waals surface area (Å²) in [6.07, 6.45) is 4.27. The molecule has 5 heteroatoms. The van der Waals surface area contributed by atoms with E-state index in [1.807, 2.05) is 6.92 Å². The van der Waals surface area contributed by atoms with Crippen molar-refractivity contribution in [3.05, 3.63) is 28.8 Å². The Hall–Kier alpha value is -2.04. The molecule has 0 aliphatic carbocycles. The van der Waals surface area contributed by atoms with Crippen molar-refractivity contribution >= 4 is 11.9 Å². The molecule has 25 heavy (non-hydrogen) atoms. The van der Waals surface area contributed by atoms with Crippen LogP contribution in [-0.2, 0) is 22.4 Å². The highest BCUT2D eigenvalue weighted by Crippen LogP contribution is 2.28. The standard InChI is InChI=1S/C16H24O3.C4H8O2/c1-4-7-12-13(8-5-2)15(17)10-9-14(12)16(18)19-11-6-3;1-3(2)4(5)6/h9-10,17H,4-8,11H2,1-3H3;3H,1-2H3,(H,5,6). The van der Waals surface area contributed by atoms with E-state index in [0.29, 0.717) is 12.2 Å². The highest BCUT2D eigenvalue weighted by atomic mass is 16.5. The van der Waals surface area contributed by atoms with Crippen molar-refractivity contribution in [1.29, 1.82) is 0 Å². The van der Waals surface area contributed by atoms with Gasteiger partial charge in [0.25, 0.3) is 0 Å². The lowest BCUT2D eigenvalue weighted by molar-refractivity contribution is -0.140. The zero-order valence-corrected chi connectivity index (χ0v) is 16.1. The Labute approximate surface area is 151 Å². The Morgan fingerprint density at radius 1 is 1.00 bits per heavy atom. The second-order valence-corrected chi connectivity index (χ2v) is 6.22. The normalized spacial score (nSPS) is 10.2. The summed E-state index contributed by atoms with van der Waals surface area (Å²) in [5, 5.41) is 18.0. The molecule has 0 saturated carbocycles. The van der Waals surface area contributed by atoms with Crippen LogP contribution in [0.1, 0.15) is 75.4 Å². The monoisotopic (exact) mass is 352 g/mol. The smallest absolute Gasteiger partial charge is 0.338 e. The van der Waals surface area contributed by atoms with E-state index in [0.717, 1.165) is 43.2 Å². The van der Waals surface area contributed by atoms with Crippen molar-refractivity contribution in [2.45, 2.75) is 66.7 Å². The van der Waals surface area contributed by atoms with Crippen LogP contribution >= 0.6 is 0 Å². The molecule has 0 aromatic heterocycles. The molecule has 0 fully saturated rings. The minimum Gasteiger partial charge on any atom is -0.508 e. The molecule has 142 valence electrons. The van der Waals surface area contributed by atoms with Crippen molar-refractivity contribution in [2.75, 3.05) is 6.61 Å². The molecule has 0 bridgehead atoms. The third-order valence-corrected chi connectivity index (χ3v) is 3.56. The Kier molecular flexibility index (Phi) is 11.3. The molecule has 0 saturated heterocycles. The number of carboxylic acids is 1. The zero-order chi connectivity index (χ0) is 19.4. The van der Waals surface area contributed by atoms with E-state index in [1.54, 1.807) is 26.0 Å². The van der Waals surface area contributed by atoms with Crippen molar-refractivity contribution in [3.8, 4) is 5.75 Å². The fourth-order valence-corrected chi connectivity index (χ4v) is 2.21. The molecular weight excluding hydrogens is 320 g/mol. The van der Waals surface area contributed by atoms with Crippen LogP contribution < -0.4 is 0 Å². The zero-order valence-electron chi connectivity index (χ0n) is 16.1. The largest absolute Gasteiger partial charge is 0.508 e. The van der Waals surface area contributed by atoms with E-state index in [-0.39, 0.29) is 17.6 Å². The summed E-state index contributed by atoms with van der Waals surface area (Å²) < 4.78 is 5.22. The number of esters is 1. The minimum atomic E-state index is -0.741. The molecule has 0 atom stereocenters. The summed E-state index contributed by atoms with van der Waals surface area (Å²) in [5.41, 5.74) is 2.46. The van der Waals surface area contributed by atoms with Gasteiger partial charge in [0.2, 0.25) is 0 Å². The molecule has 0 unspecified atom stereocenters. The lowest BCUT2D eigenvalue weighted by Gasteiger charge is -2.15. The predicted molar refractivity (Wildman–Crippen MR) is 99.1 cm³/mol. The number of carboxylic acid groups (broad SMARTS) is 1. The van der Waals surface area contributed by atoms with Crippen LogP contribution in [0.15, 0.2) is 12.1 Å². The maximum Gasteiger partial charge on any atom is 0.338 e. The molecule has 1 aromatic carbocycles. The van der Waals surface area contributed by atoms with Gasteiger partial charge < -0.3 is 14.9 Å². The van der Waals surface area contributed by atoms with Gasteiger partial charge in [-0.1, -0.05) is 47.5 Å². The summed E-state index contributed by atoms with van der Waals surface area (Å²) in [6.45, 7) is 9.83. The van der Waals surface area contributed by atoms with Gasteiger partial charge in [-0.3, -0.25) is 4.79 Å². The van der Waals surface area contributed by atoms with E-state index in [1.165, 1.54) is 0 Å². The molecule has 0 spiro atoms. The van der Waals surface area contributed by atoms with Crippen LogP contribution in [0.4, 0.5) is 0 Å². The Bertz CT molecular complexity index is 549. The second kappa shape index (κ2) is 12.3. The summed E-state index contributed by atoms with van der Waals surface area (Å²) in [5.74, 6) is -0.958. The van der Waals surface area contributed by atoms with Crippen LogP contribution in [0.25, 0.3) is 0 Å². The number of benzene rings is 1. The van der Waals surface area contributed by atoms with Crippen molar-refractivity contribution in [2.24, 2.45) is 5.92 Å². The highest BCUT2D eigenvalue weighted by molar-refractivity contribution is 5.92. The lowest BCUT2D eigenvalue weighted by Crippen LogP contribution is -2.11. The van der Waals surface area contributed by atoms with E-state index in [4.69, 9.17) is 9.84 Å². The second-order valence-electron chi connectivity index (χ2n) is 6.22. The number of phenols is 1. The van der Waals surface area contributed by atoms with E-state index in [2.05, 4.69) is 13.8 Å². The molecule has 1 aromatic rings. The number of aromatic hydroxyl groups is 1. The molecule has 0 aliphatic rings. The number of carbonyl (C=O) groups is 2. The molecule has 5 nitrogen and oxygen atoms in total. The summed E-state index contributed by atoms with van der Waals surface area (Å²) in [6, 6.07) is 3.28. The Morgan fingerprint density at radius 3 is 1.96 bits per heavy atom. The maximum absolute atomic E-state index is 12.1. The van der Waals surface area contributed by atoms with E-state index < -0.39 is 5.97 Å². The van der Waals surface area contributed by atoms with Gasteiger partial charge in [0.1, 0.15) is 5.75 Å². The number of phenolic OH excluding ortho intramolecular Hbond substituents is 1. The number of hydrogen-bond acceptors (Lipinski definition) is 4. The van der Waals surface area contributed by atoms with E-state index in [9.17, 15) is 14.7 Å². The van der Waals surface area contributed by atoms with Gasteiger partial charge in [-0.05, 0) is 42.5 Å². The first kappa shape index (κ1) is 23.0. The molecule has 0 radical (unpaired) electrons. The molecule has 0 aliphatic heterocycles. The van der Waals surface area contributed by atoms with Gasteiger partial charge in [0, 0.05) is 0 Å². The fourth-order valence-electron chi connectivity index (χ4n) is 2.21. The van der Waals surface area contributed by atoms with Gasteiger partial charge in [0.15, 0.2) is 0 Å². The van der Waals surface area contributed by atoms with Crippen molar-refractivity contribution < 1.29 is 24.5 Å². The summed E-state index contributed by atoms with van der Waals surface area (Å²) in [4.78, 5) is 21.8. The van der Waals surface area contributed by atoms with Gasteiger partial charge in [-0.15, -0.1) is 0 Å². The highest BCUT2D eigenvalue weighted by Gasteiger charge is 2.17. The van der Waals surface area contributed by atoms with Crippen molar-refractivity contribution in [3.63, 3.8) is 0 Å². The Morgan fingerprint density at radius 2 is 1.52 bits per heavy atom. The lowest BCUT2D eigenvalue weighted by atomic mass is 9.93. The van der Waals surface area contributed by atoms with Gasteiger partial charge in [-0.2, -0.15) is 0 Å². The van der Waals surface area contributed by atoms with Crippen LogP contribution in [0.2, 0.25) is 0 Å². The van der Waals surface area contributed by atoms with Crippen LogP contribution in [0.3, 0.4) is 0 Å². The van der Waals surface area contributed by atoms with Crippen molar-refractivity contribution in [1.82, 2.24) is 0 Å². The van der Waals surface area contributed by atoms with Crippen LogP contribution in [-0.4, -0.2) is 28.8 Å². The predicted octanol–water partition coefficient (Wildman–Crippen LogP) is 4.59. The quantitative estimate of drug-likeness (QED) is 0.668. The topological polar surface area (TPSA) is 83.8 Å². The van der Waals surface area contributed by atoms with Gasteiger partial charge in [-0.25, -0.2) is 4.79 Å². The average molecular weight is 352 g/mol. The molecule has 0 amide bonds. The number of rotatable bonds is 8. The maximum atomic E-state index is 12.1. The first-order chi connectivity index (χ1) is 11.8.